The molecule has 1 N–H and O–H groups in total. The molecule has 132 valence electrons. The first kappa shape index (κ1) is 17.7. The zero-order valence-corrected chi connectivity index (χ0v) is 15.2. The molecule has 0 bridgehead atoms. The lowest BCUT2D eigenvalue weighted by atomic mass is 10.1. The molecule has 25 heavy (non-hydrogen) atoms. The summed E-state index contributed by atoms with van der Waals surface area (Å²) in [4.78, 5) is 12.5. The van der Waals surface area contributed by atoms with Crippen LogP contribution >= 0.6 is 0 Å². The first-order valence-corrected chi connectivity index (χ1v) is 10.2. The number of hydrogen-bond donors (Lipinski definition) is 1. The second-order valence-corrected chi connectivity index (χ2v) is 8.86. The van der Waals surface area contributed by atoms with Crippen LogP contribution in [0.15, 0.2) is 53.4 Å². The minimum atomic E-state index is -3.25. The highest BCUT2D eigenvalue weighted by Gasteiger charge is 2.30. The van der Waals surface area contributed by atoms with Crippen LogP contribution < -0.4 is 5.32 Å². The Morgan fingerprint density at radius 1 is 1.04 bits per heavy atom. The zero-order chi connectivity index (χ0) is 17.9. The van der Waals surface area contributed by atoms with E-state index in [2.05, 4.69) is 5.32 Å². The fourth-order valence-corrected chi connectivity index (χ4v) is 5.16. The average Bonchev–Trinajstić information content (AvgIpc) is 3.13. The van der Waals surface area contributed by atoms with Gasteiger partial charge in [-0.2, -0.15) is 0 Å². The molecule has 1 aliphatic rings. The van der Waals surface area contributed by atoms with Gasteiger partial charge in [-0.25, -0.2) is 8.42 Å². The van der Waals surface area contributed by atoms with Crippen LogP contribution in [0, 0.1) is 6.92 Å². The predicted molar refractivity (Wildman–Crippen MR) is 99.4 cm³/mol. The van der Waals surface area contributed by atoms with Crippen LogP contribution in [0.5, 0.6) is 0 Å². The fourth-order valence-electron chi connectivity index (χ4n) is 3.31. The normalized spacial score (nSPS) is 15.2. The molecule has 1 saturated carbocycles. The lowest BCUT2D eigenvalue weighted by Crippen LogP contribution is -2.18. The van der Waals surface area contributed by atoms with Crippen LogP contribution in [0.1, 0.15) is 36.8 Å². The van der Waals surface area contributed by atoms with Gasteiger partial charge in [-0.1, -0.05) is 37.1 Å². The molecule has 0 spiro atoms. The van der Waals surface area contributed by atoms with Crippen molar-refractivity contribution in [1.29, 1.82) is 0 Å². The van der Waals surface area contributed by atoms with E-state index in [1.807, 2.05) is 31.2 Å². The Balaban J connectivity index is 1.66. The molecule has 1 aliphatic carbocycles. The molecule has 1 amide bonds. The van der Waals surface area contributed by atoms with E-state index in [-0.39, 0.29) is 11.2 Å². The molecule has 0 heterocycles. The molecule has 1 fully saturated rings. The van der Waals surface area contributed by atoms with Gasteiger partial charge in [-0.3, -0.25) is 4.79 Å². The van der Waals surface area contributed by atoms with Crippen LogP contribution in [0.3, 0.4) is 0 Å². The highest BCUT2D eigenvalue weighted by Crippen LogP contribution is 2.30. The van der Waals surface area contributed by atoms with E-state index >= 15 is 0 Å². The largest absolute Gasteiger partial charge is 0.326 e. The van der Waals surface area contributed by atoms with Gasteiger partial charge in [-0.15, -0.1) is 0 Å². The Bertz CT molecular complexity index is 851. The summed E-state index contributed by atoms with van der Waals surface area (Å²) in [6, 6.07) is 14.3. The third kappa shape index (κ3) is 4.10. The van der Waals surface area contributed by atoms with Crippen LogP contribution in [-0.4, -0.2) is 19.6 Å². The van der Waals surface area contributed by atoms with Gasteiger partial charge in [-0.05, 0) is 55.2 Å². The Labute approximate surface area is 149 Å². The quantitative estimate of drug-likeness (QED) is 0.883. The van der Waals surface area contributed by atoms with Crippen molar-refractivity contribution in [3.63, 3.8) is 0 Å². The van der Waals surface area contributed by atoms with E-state index in [4.69, 9.17) is 0 Å². The molecule has 3 rings (SSSR count). The lowest BCUT2D eigenvalue weighted by molar-refractivity contribution is -0.115. The highest BCUT2D eigenvalue weighted by atomic mass is 32.2. The molecule has 2 aromatic carbocycles. The number of aryl methyl sites for hydroxylation is 1. The molecule has 0 atom stereocenters. The standard InChI is InChI=1S/C20H23NO3S/c1-15-6-2-3-7-16(15)14-20(22)21-17-10-12-19(13-11-17)25(23,24)18-8-4-5-9-18/h2-3,6-7,10-13,18H,4-5,8-9,14H2,1H3,(H,21,22). The van der Waals surface area contributed by atoms with E-state index in [9.17, 15) is 13.2 Å². The number of carbonyl (C=O) groups excluding carboxylic acids is 1. The second kappa shape index (κ2) is 7.40. The summed E-state index contributed by atoms with van der Waals surface area (Å²) in [6.07, 6.45) is 3.76. The second-order valence-electron chi connectivity index (χ2n) is 6.63. The summed E-state index contributed by atoms with van der Waals surface area (Å²) in [7, 11) is -3.25. The van der Waals surface area contributed by atoms with Crippen LogP contribution in [0.2, 0.25) is 0 Å². The van der Waals surface area contributed by atoms with Gasteiger partial charge < -0.3 is 5.32 Å². The summed E-state index contributed by atoms with van der Waals surface area (Å²) in [5.41, 5.74) is 2.68. The number of anilines is 1. The van der Waals surface area contributed by atoms with Crippen molar-refractivity contribution < 1.29 is 13.2 Å². The van der Waals surface area contributed by atoms with Gasteiger partial charge in [0.25, 0.3) is 0 Å². The average molecular weight is 357 g/mol. The van der Waals surface area contributed by atoms with Crippen molar-refractivity contribution in [2.24, 2.45) is 0 Å². The predicted octanol–water partition coefficient (Wildman–Crippen LogP) is 3.89. The number of rotatable bonds is 5. The first-order chi connectivity index (χ1) is 12.0. The number of nitrogens with one attached hydrogen (secondary N) is 1. The maximum Gasteiger partial charge on any atom is 0.228 e. The van der Waals surface area contributed by atoms with Gasteiger partial charge in [0.05, 0.1) is 16.6 Å². The Hall–Kier alpha value is -2.14. The molecular formula is C20H23NO3S. The molecule has 5 heteroatoms. The summed E-state index contributed by atoms with van der Waals surface area (Å²) < 4.78 is 25.1. The van der Waals surface area contributed by atoms with Crippen LogP contribution in [-0.2, 0) is 21.1 Å². The van der Waals surface area contributed by atoms with E-state index < -0.39 is 9.84 Å². The first-order valence-electron chi connectivity index (χ1n) is 8.65. The smallest absolute Gasteiger partial charge is 0.228 e. The van der Waals surface area contributed by atoms with Gasteiger partial charge in [0.1, 0.15) is 0 Å². The molecule has 0 unspecified atom stereocenters. The Morgan fingerprint density at radius 2 is 1.68 bits per heavy atom. The maximum absolute atomic E-state index is 12.6. The van der Waals surface area contributed by atoms with E-state index in [1.54, 1.807) is 24.3 Å². The van der Waals surface area contributed by atoms with Gasteiger partial charge >= 0.3 is 0 Å². The zero-order valence-electron chi connectivity index (χ0n) is 14.4. The third-order valence-electron chi connectivity index (χ3n) is 4.82. The number of benzene rings is 2. The van der Waals surface area contributed by atoms with Crippen molar-refractivity contribution in [2.45, 2.75) is 49.2 Å². The van der Waals surface area contributed by atoms with Crippen molar-refractivity contribution in [3.8, 4) is 0 Å². The summed E-state index contributed by atoms with van der Waals surface area (Å²) in [6.45, 7) is 1.98. The molecule has 4 nitrogen and oxygen atoms in total. The number of sulfone groups is 1. The highest BCUT2D eigenvalue weighted by molar-refractivity contribution is 7.92. The van der Waals surface area contributed by atoms with Gasteiger partial charge in [0.15, 0.2) is 9.84 Å². The lowest BCUT2D eigenvalue weighted by Gasteiger charge is -2.12. The maximum atomic E-state index is 12.6. The van der Waals surface area contributed by atoms with E-state index in [0.717, 1.165) is 36.8 Å². The minimum absolute atomic E-state index is 0.110. The SMILES string of the molecule is Cc1ccccc1CC(=O)Nc1ccc(S(=O)(=O)C2CCCC2)cc1. The number of hydrogen-bond acceptors (Lipinski definition) is 3. The molecule has 0 aliphatic heterocycles. The fraction of sp³-hybridized carbons (Fsp3) is 0.350. The Morgan fingerprint density at radius 3 is 2.32 bits per heavy atom. The summed E-state index contributed by atoms with van der Waals surface area (Å²) in [5, 5.41) is 2.58. The van der Waals surface area contributed by atoms with Crippen LogP contribution in [0.25, 0.3) is 0 Å². The summed E-state index contributed by atoms with van der Waals surface area (Å²) >= 11 is 0. The van der Waals surface area contributed by atoms with Crippen LogP contribution in [0.4, 0.5) is 5.69 Å². The molecule has 2 aromatic rings. The van der Waals surface area contributed by atoms with Gasteiger partial charge in [0, 0.05) is 5.69 Å². The van der Waals surface area contributed by atoms with Crippen molar-refractivity contribution in [1.82, 2.24) is 0 Å². The van der Waals surface area contributed by atoms with E-state index in [1.165, 1.54) is 0 Å². The monoisotopic (exact) mass is 357 g/mol. The van der Waals surface area contributed by atoms with E-state index in [0.29, 0.717) is 17.0 Å². The van der Waals surface area contributed by atoms with Gasteiger partial charge in [0.2, 0.25) is 5.91 Å². The van der Waals surface area contributed by atoms with Crippen molar-refractivity contribution in [3.05, 3.63) is 59.7 Å². The van der Waals surface area contributed by atoms with Crippen molar-refractivity contribution in [2.75, 3.05) is 5.32 Å². The van der Waals surface area contributed by atoms with Crippen molar-refractivity contribution >= 4 is 21.4 Å². The summed E-state index contributed by atoms with van der Waals surface area (Å²) in [5.74, 6) is -0.110. The Kier molecular flexibility index (Phi) is 5.23. The number of carbonyl (C=O) groups is 1. The molecule has 0 saturated heterocycles. The third-order valence-corrected chi connectivity index (χ3v) is 7.10. The minimum Gasteiger partial charge on any atom is -0.326 e. The molecule has 0 radical (unpaired) electrons. The topological polar surface area (TPSA) is 63.2 Å². The number of amides is 1. The molecular weight excluding hydrogens is 334 g/mol. The molecule has 0 aromatic heterocycles.